The van der Waals surface area contributed by atoms with Gasteiger partial charge in [-0.05, 0) is 31.0 Å². The first-order valence-corrected chi connectivity index (χ1v) is 9.51. The molecule has 0 N–H and O–H groups in total. The predicted molar refractivity (Wildman–Crippen MR) is 93.4 cm³/mol. The first-order chi connectivity index (χ1) is 10.9. The average Bonchev–Trinajstić information content (AvgIpc) is 3.18. The Morgan fingerprint density at radius 1 is 1.17 bits per heavy atom. The zero-order valence-corrected chi connectivity index (χ0v) is 14.9. The molecule has 0 aromatic heterocycles. The standard InChI is InChI=1S/C17H25N3O2S/c1-14-6-7-16(12-17(14)18(2)3)23(21,22)20-11-8-15(13-20)19-9-4-5-10-19/h4-7,12,15H,8-11,13H2,1-3H3. The van der Waals surface area contributed by atoms with Gasteiger partial charge < -0.3 is 4.90 Å². The van der Waals surface area contributed by atoms with E-state index in [-0.39, 0.29) is 0 Å². The normalized spacial score (nSPS) is 22.8. The Bertz CT molecular complexity index is 705. The topological polar surface area (TPSA) is 43.9 Å². The molecule has 1 fully saturated rings. The smallest absolute Gasteiger partial charge is 0.243 e. The van der Waals surface area contributed by atoms with E-state index in [9.17, 15) is 8.42 Å². The highest BCUT2D eigenvalue weighted by Crippen LogP contribution is 2.28. The van der Waals surface area contributed by atoms with E-state index >= 15 is 0 Å². The van der Waals surface area contributed by atoms with E-state index in [4.69, 9.17) is 0 Å². The second kappa shape index (κ2) is 6.26. The Hall–Kier alpha value is -1.37. The highest BCUT2D eigenvalue weighted by molar-refractivity contribution is 7.89. The van der Waals surface area contributed by atoms with Gasteiger partial charge in [0.1, 0.15) is 0 Å². The molecule has 0 radical (unpaired) electrons. The third-order valence-corrected chi connectivity index (χ3v) is 6.65. The molecule has 1 aromatic rings. The van der Waals surface area contributed by atoms with Gasteiger partial charge in [-0.25, -0.2) is 8.42 Å². The summed E-state index contributed by atoms with van der Waals surface area (Å²) in [4.78, 5) is 4.69. The molecule has 126 valence electrons. The maximum atomic E-state index is 13.0. The minimum atomic E-state index is -3.41. The zero-order valence-electron chi connectivity index (χ0n) is 14.1. The first kappa shape index (κ1) is 16.5. The predicted octanol–water partition coefficient (Wildman–Crippen LogP) is 1.70. The maximum absolute atomic E-state index is 13.0. The summed E-state index contributed by atoms with van der Waals surface area (Å²) < 4.78 is 27.5. The van der Waals surface area contributed by atoms with Crippen LogP contribution in [0, 0.1) is 6.92 Å². The number of hydrogen-bond donors (Lipinski definition) is 0. The van der Waals surface area contributed by atoms with E-state index in [1.54, 1.807) is 16.4 Å². The number of benzene rings is 1. The lowest BCUT2D eigenvalue weighted by Gasteiger charge is -2.24. The summed E-state index contributed by atoms with van der Waals surface area (Å²) in [7, 11) is 0.457. The van der Waals surface area contributed by atoms with E-state index in [1.165, 1.54) is 0 Å². The number of nitrogens with zero attached hydrogens (tertiary/aromatic N) is 3. The molecule has 1 unspecified atom stereocenters. The molecule has 2 aliphatic rings. The number of sulfonamides is 1. The van der Waals surface area contributed by atoms with Crippen molar-refractivity contribution in [2.75, 3.05) is 45.2 Å². The van der Waals surface area contributed by atoms with Gasteiger partial charge in [-0.15, -0.1) is 0 Å². The second-order valence-corrected chi connectivity index (χ2v) is 8.51. The summed E-state index contributed by atoms with van der Waals surface area (Å²) in [6.07, 6.45) is 5.22. The zero-order chi connectivity index (χ0) is 16.6. The molecule has 2 heterocycles. The van der Waals surface area contributed by atoms with Crippen molar-refractivity contribution in [2.45, 2.75) is 24.3 Å². The third-order valence-electron chi connectivity index (χ3n) is 4.79. The Labute approximate surface area is 139 Å². The SMILES string of the molecule is Cc1ccc(S(=O)(=O)N2CCC(N3CC=CC3)C2)cc1N(C)C. The molecule has 1 saturated heterocycles. The summed E-state index contributed by atoms with van der Waals surface area (Å²) >= 11 is 0. The van der Waals surface area contributed by atoms with Gasteiger partial charge in [0.15, 0.2) is 0 Å². The van der Waals surface area contributed by atoms with Crippen LogP contribution < -0.4 is 4.90 Å². The van der Waals surface area contributed by atoms with Crippen LogP contribution in [0.2, 0.25) is 0 Å². The van der Waals surface area contributed by atoms with Gasteiger partial charge in [-0.1, -0.05) is 18.2 Å². The lowest BCUT2D eigenvalue weighted by Crippen LogP contribution is -2.37. The van der Waals surface area contributed by atoms with Gasteiger partial charge >= 0.3 is 0 Å². The summed E-state index contributed by atoms with van der Waals surface area (Å²) in [5, 5.41) is 0. The van der Waals surface area contributed by atoms with Crippen molar-refractivity contribution in [3.05, 3.63) is 35.9 Å². The molecule has 23 heavy (non-hydrogen) atoms. The van der Waals surface area contributed by atoms with Gasteiger partial charge in [0.25, 0.3) is 0 Å². The molecule has 3 rings (SSSR count). The molecule has 2 aliphatic heterocycles. The van der Waals surface area contributed by atoms with Crippen LogP contribution in [-0.2, 0) is 10.0 Å². The lowest BCUT2D eigenvalue weighted by atomic mass is 10.2. The second-order valence-electron chi connectivity index (χ2n) is 6.57. The first-order valence-electron chi connectivity index (χ1n) is 8.07. The van der Waals surface area contributed by atoms with Gasteiger partial charge in [0, 0.05) is 52.0 Å². The fourth-order valence-corrected chi connectivity index (χ4v) is 4.91. The Morgan fingerprint density at radius 2 is 1.87 bits per heavy atom. The highest BCUT2D eigenvalue weighted by Gasteiger charge is 2.35. The molecule has 0 amide bonds. The van der Waals surface area contributed by atoms with Crippen LogP contribution in [0.5, 0.6) is 0 Å². The summed E-state index contributed by atoms with van der Waals surface area (Å²) in [5.41, 5.74) is 2.03. The number of aryl methyl sites for hydroxylation is 1. The summed E-state index contributed by atoms with van der Waals surface area (Å²) in [6.45, 7) is 5.07. The quantitative estimate of drug-likeness (QED) is 0.786. The molecule has 0 saturated carbocycles. The van der Waals surface area contributed by atoms with Crippen molar-refractivity contribution < 1.29 is 8.42 Å². The molecule has 1 aromatic carbocycles. The molecule has 0 bridgehead atoms. The van der Waals surface area contributed by atoms with Crippen LogP contribution >= 0.6 is 0 Å². The van der Waals surface area contributed by atoms with Gasteiger partial charge in [-0.3, -0.25) is 4.90 Å². The monoisotopic (exact) mass is 335 g/mol. The van der Waals surface area contributed by atoms with Crippen molar-refractivity contribution in [1.29, 1.82) is 0 Å². The van der Waals surface area contributed by atoms with Crippen LogP contribution in [0.3, 0.4) is 0 Å². The van der Waals surface area contributed by atoms with E-state index in [0.29, 0.717) is 24.0 Å². The molecule has 6 heteroatoms. The van der Waals surface area contributed by atoms with E-state index in [1.807, 2.05) is 32.0 Å². The Morgan fingerprint density at radius 3 is 2.52 bits per heavy atom. The molecular formula is C17H25N3O2S. The molecule has 0 spiro atoms. The fourth-order valence-electron chi connectivity index (χ4n) is 3.40. The number of hydrogen-bond acceptors (Lipinski definition) is 4. The van der Waals surface area contributed by atoms with Crippen LogP contribution in [0.1, 0.15) is 12.0 Å². The molecule has 1 atom stereocenters. The van der Waals surface area contributed by atoms with Crippen LogP contribution in [0.25, 0.3) is 0 Å². The van der Waals surface area contributed by atoms with Crippen LogP contribution in [0.15, 0.2) is 35.2 Å². The van der Waals surface area contributed by atoms with E-state index in [2.05, 4.69) is 17.1 Å². The third kappa shape index (κ3) is 3.16. The van der Waals surface area contributed by atoms with Crippen molar-refractivity contribution in [2.24, 2.45) is 0 Å². The molecule has 5 nitrogen and oxygen atoms in total. The van der Waals surface area contributed by atoms with E-state index < -0.39 is 10.0 Å². The minimum absolute atomic E-state index is 0.332. The minimum Gasteiger partial charge on any atom is -0.377 e. The fraction of sp³-hybridized carbons (Fsp3) is 0.529. The molecular weight excluding hydrogens is 310 g/mol. The van der Waals surface area contributed by atoms with Crippen molar-refractivity contribution in [1.82, 2.24) is 9.21 Å². The maximum Gasteiger partial charge on any atom is 0.243 e. The van der Waals surface area contributed by atoms with Crippen LogP contribution in [-0.4, -0.2) is 63.9 Å². The van der Waals surface area contributed by atoms with Gasteiger partial charge in [-0.2, -0.15) is 4.31 Å². The van der Waals surface area contributed by atoms with Crippen molar-refractivity contribution >= 4 is 15.7 Å². The van der Waals surface area contributed by atoms with Gasteiger partial charge in [0.05, 0.1) is 4.90 Å². The average molecular weight is 335 g/mol. The van der Waals surface area contributed by atoms with Gasteiger partial charge in [0.2, 0.25) is 10.0 Å². The summed E-state index contributed by atoms with van der Waals surface area (Å²) in [5.74, 6) is 0. The largest absolute Gasteiger partial charge is 0.377 e. The Kier molecular flexibility index (Phi) is 4.49. The molecule has 0 aliphatic carbocycles. The van der Waals surface area contributed by atoms with Crippen LogP contribution in [0.4, 0.5) is 5.69 Å². The lowest BCUT2D eigenvalue weighted by molar-refractivity contribution is 0.261. The van der Waals surface area contributed by atoms with Crippen molar-refractivity contribution in [3.63, 3.8) is 0 Å². The summed E-state index contributed by atoms with van der Waals surface area (Å²) in [6, 6.07) is 5.73. The van der Waals surface area contributed by atoms with E-state index in [0.717, 1.165) is 30.8 Å². The number of anilines is 1. The number of rotatable bonds is 4. The van der Waals surface area contributed by atoms with Crippen molar-refractivity contribution in [3.8, 4) is 0 Å². The Balaban J connectivity index is 1.80. The highest BCUT2D eigenvalue weighted by atomic mass is 32.2.